The third kappa shape index (κ3) is 5.21. The number of aliphatic hydroxyl groups is 1. The van der Waals surface area contributed by atoms with Crippen LogP contribution in [-0.2, 0) is 24.4 Å². The van der Waals surface area contributed by atoms with Gasteiger partial charge in [-0.15, -0.1) is 0 Å². The molecule has 2 saturated heterocycles. The molecule has 2 fully saturated rings. The fraction of sp³-hybridized carbons (Fsp3) is 0.552. The number of carbonyl (C=O) groups is 1. The van der Waals surface area contributed by atoms with Gasteiger partial charge >= 0.3 is 13.1 Å². The summed E-state index contributed by atoms with van der Waals surface area (Å²) in [4.78, 5) is 13.4. The van der Waals surface area contributed by atoms with E-state index in [9.17, 15) is 9.90 Å². The summed E-state index contributed by atoms with van der Waals surface area (Å²) < 4.78 is 18.5. The molecule has 2 unspecified atom stereocenters. The molecule has 0 radical (unpaired) electrons. The van der Waals surface area contributed by atoms with Crippen LogP contribution in [0.5, 0.6) is 0 Å². The van der Waals surface area contributed by atoms with Crippen molar-refractivity contribution in [1.82, 2.24) is 0 Å². The average molecular weight is 478 g/mol. The van der Waals surface area contributed by atoms with Gasteiger partial charge in [0, 0.05) is 6.42 Å². The predicted octanol–water partition coefficient (Wildman–Crippen LogP) is 5.10. The van der Waals surface area contributed by atoms with E-state index in [0.717, 1.165) is 16.6 Å². The van der Waals surface area contributed by atoms with E-state index in [1.807, 2.05) is 70.2 Å². The molecule has 0 aliphatic carbocycles. The lowest BCUT2D eigenvalue weighted by molar-refractivity contribution is -0.185. The molecule has 2 aromatic carbocycles. The van der Waals surface area contributed by atoms with Crippen LogP contribution in [-0.4, -0.2) is 35.0 Å². The second-order valence-corrected chi connectivity index (χ2v) is 12.0. The van der Waals surface area contributed by atoms with Gasteiger partial charge in [-0.05, 0) is 76.9 Å². The third-order valence-electron chi connectivity index (χ3n) is 8.07. The quantitative estimate of drug-likeness (QED) is 0.463. The highest BCUT2D eigenvalue weighted by Crippen LogP contribution is 2.46. The molecule has 4 rings (SSSR count). The summed E-state index contributed by atoms with van der Waals surface area (Å²) in [6.07, 6.45) is 1.73. The van der Waals surface area contributed by atoms with Crippen LogP contribution < -0.4 is 5.46 Å². The van der Waals surface area contributed by atoms with Gasteiger partial charge in [-0.25, -0.2) is 0 Å². The first-order valence-corrected chi connectivity index (χ1v) is 12.7. The van der Waals surface area contributed by atoms with Crippen LogP contribution in [0.3, 0.4) is 0 Å². The Labute approximate surface area is 210 Å². The standard InChI is InChI=1S/C29H39BO5/c1-20(21-13-15-23(16-14-21)30-34-27(4,5)28(6,7)35-30)24-17-18-29(33-25(24)31,19-26(2,3)32)22-11-9-8-10-12-22/h8-16,20,24,32H,17-19H2,1-7H3/t20-,24?,29?/m1/s1. The minimum Gasteiger partial charge on any atom is -0.454 e. The average Bonchev–Trinajstić information content (AvgIpc) is 3.00. The second-order valence-electron chi connectivity index (χ2n) is 12.0. The van der Waals surface area contributed by atoms with Gasteiger partial charge in [0.1, 0.15) is 5.60 Å². The SMILES string of the molecule is C[C@H](c1ccc(B2OC(C)(C)C(C)(C)O2)cc1)C1CCC(CC(C)(C)O)(c2ccccc2)OC1=O. The van der Waals surface area contributed by atoms with Crippen LogP contribution in [0.2, 0.25) is 0 Å². The zero-order valence-electron chi connectivity index (χ0n) is 22.1. The van der Waals surface area contributed by atoms with Gasteiger partial charge in [-0.2, -0.15) is 0 Å². The Kier molecular flexibility index (Phi) is 6.71. The topological polar surface area (TPSA) is 65.0 Å². The molecule has 2 aliphatic rings. The van der Waals surface area contributed by atoms with E-state index < -0.39 is 18.3 Å². The van der Waals surface area contributed by atoms with E-state index in [1.165, 1.54) is 0 Å². The second kappa shape index (κ2) is 9.06. The summed E-state index contributed by atoms with van der Waals surface area (Å²) >= 11 is 0. The minimum atomic E-state index is -0.960. The van der Waals surface area contributed by atoms with Crippen LogP contribution in [0.1, 0.15) is 84.8 Å². The van der Waals surface area contributed by atoms with E-state index >= 15 is 0 Å². The maximum absolute atomic E-state index is 13.4. The molecule has 0 amide bonds. The smallest absolute Gasteiger partial charge is 0.454 e. The summed E-state index contributed by atoms with van der Waals surface area (Å²) in [7, 11) is -0.405. The van der Waals surface area contributed by atoms with Crippen LogP contribution in [0.25, 0.3) is 0 Å². The minimum absolute atomic E-state index is 0.00533. The summed E-state index contributed by atoms with van der Waals surface area (Å²) in [6.45, 7) is 13.8. The van der Waals surface area contributed by atoms with E-state index in [1.54, 1.807) is 13.8 Å². The summed E-state index contributed by atoms with van der Waals surface area (Å²) in [5, 5.41) is 10.6. The highest BCUT2D eigenvalue weighted by molar-refractivity contribution is 6.62. The Bertz CT molecular complexity index is 1020. The van der Waals surface area contributed by atoms with Gasteiger partial charge in [0.15, 0.2) is 0 Å². The Morgan fingerprint density at radius 2 is 1.57 bits per heavy atom. The molecular weight excluding hydrogens is 439 g/mol. The van der Waals surface area contributed by atoms with Crippen molar-refractivity contribution in [2.24, 2.45) is 5.92 Å². The maximum atomic E-state index is 13.4. The van der Waals surface area contributed by atoms with Crippen molar-refractivity contribution in [3.63, 3.8) is 0 Å². The molecule has 1 N–H and O–H groups in total. The summed E-state index contributed by atoms with van der Waals surface area (Å²) in [5.41, 5.74) is 0.452. The normalized spacial score (nSPS) is 26.9. The summed E-state index contributed by atoms with van der Waals surface area (Å²) in [5.74, 6) is -0.436. The molecule has 2 aliphatic heterocycles. The number of ether oxygens (including phenoxy) is 1. The molecule has 6 heteroatoms. The molecule has 2 heterocycles. The fourth-order valence-electron chi connectivity index (χ4n) is 5.32. The Balaban J connectivity index is 1.49. The van der Waals surface area contributed by atoms with Crippen molar-refractivity contribution in [1.29, 1.82) is 0 Å². The predicted molar refractivity (Wildman–Crippen MR) is 138 cm³/mol. The molecule has 2 aromatic rings. The highest BCUT2D eigenvalue weighted by Gasteiger charge is 2.52. The first-order chi connectivity index (χ1) is 16.2. The first kappa shape index (κ1) is 25.9. The third-order valence-corrected chi connectivity index (χ3v) is 8.07. The Morgan fingerprint density at radius 3 is 2.09 bits per heavy atom. The van der Waals surface area contributed by atoms with E-state index in [4.69, 9.17) is 14.0 Å². The van der Waals surface area contributed by atoms with Crippen LogP contribution >= 0.6 is 0 Å². The van der Waals surface area contributed by atoms with Crippen molar-refractivity contribution in [3.05, 3.63) is 65.7 Å². The van der Waals surface area contributed by atoms with Crippen molar-refractivity contribution in [3.8, 4) is 0 Å². The van der Waals surface area contributed by atoms with E-state index in [0.29, 0.717) is 19.3 Å². The summed E-state index contributed by atoms with van der Waals surface area (Å²) in [6, 6.07) is 18.0. The van der Waals surface area contributed by atoms with Crippen LogP contribution in [0.4, 0.5) is 0 Å². The first-order valence-electron chi connectivity index (χ1n) is 12.7. The molecule has 0 aromatic heterocycles. The number of hydrogen-bond acceptors (Lipinski definition) is 5. The largest absolute Gasteiger partial charge is 0.494 e. The maximum Gasteiger partial charge on any atom is 0.494 e. The lowest BCUT2D eigenvalue weighted by atomic mass is 9.73. The number of benzene rings is 2. The van der Waals surface area contributed by atoms with Crippen molar-refractivity contribution >= 4 is 18.6 Å². The molecule has 35 heavy (non-hydrogen) atoms. The van der Waals surface area contributed by atoms with Crippen LogP contribution in [0.15, 0.2) is 54.6 Å². The lowest BCUT2D eigenvalue weighted by Gasteiger charge is -2.43. The highest BCUT2D eigenvalue weighted by atomic mass is 16.7. The Morgan fingerprint density at radius 1 is 1.00 bits per heavy atom. The molecule has 5 nitrogen and oxygen atoms in total. The van der Waals surface area contributed by atoms with Gasteiger partial charge in [-0.3, -0.25) is 4.79 Å². The zero-order valence-corrected chi connectivity index (χ0v) is 22.1. The van der Waals surface area contributed by atoms with Gasteiger partial charge in [-0.1, -0.05) is 61.5 Å². The molecule has 188 valence electrons. The van der Waals surface area contributed by atoms with E-state index in [2.05, 4.69) is 19.1 Å². The number of hydrogen-bond donors (Lipinski definition) is 1. The molecule has 0 spiro atoms. The Hall–Kier alpha value is -2.15. The van der Waals surface area contributed by atoms with Gasteiger partial charge in [0.05, 0.1) is 22.7 Å². The number of esters is 1. The van der Waals surface area contributed by atoms with Crippen molar-refractivity contribution in [2.45, 2.75) is 96.1 Å². The molecule has 0 bridgehead atoms. The number of cyclic esters (lactones) is 1. The van der Waals surface area contributed by atoms with E-state index in [-0.39, 0.29) is 29.0 Å². The molecule has 0 saturated carbocycles. The molecular formula is C29H39BO5. The zero-order chi connectivity index (χ0) is 25.6. The van der Waals surface area contributed by atoms with Crippen LogP contribution in [0, 0.1) is 5.92 Å². The van der Waals surface area contributed by atoms with Crippen molar-refractivity contribution in [2.75, 3.05) is 0 Å². The van der Waals surface area contributed by atoms with Gasteiger partial charge < -0.3 is 19.2 Å². The van der Waals surface area contributed by atoms with Gasteiger partial charge in [0.25, 0.3) is 0 Å². The molecule has 3 atom stereocenters. The lowest BCUT2D eigenvalue weighted by Crippen LogP contribution is -2.45. The number of rotatable bonds is 6. The fourth-order valence-corrected chi connectivity index (χ4v) is 5.32. The van der Waals surface area contributed by atoms with Gasteiger partial charge in [0.2, 0.25) is 0 Å². The monoisotopic (exact) mass is 478 g/mol. The van der Waals surface area contributed by atoms with Crippen molar-refractivity contribution < 1.29 is 23.9 Å². The number of carbonyl (C=O) groups excluding carboxylic acids is 1.